The van der Waals surface area contributed by atoms with Crippen LogP contribution in [0.5, 0.6) is 0 Å². The minimum atomic E-state index is -0.533. The average molecular weight is 313 g/mol. The minimum Gasteiger partial charge on any atom is -0.344 e. The van der Waals surface area contributed by atoms with Gasteiger partial charge in [0.15, 0.2) is 0 Å². The van der Waals surface area contributed by atoms with Crippen molar-refractivity contribution < 1.29 is 9.59 Å². The van der Waals surface area contributed by atoms with Gasteiger partial charge in [0.2, 0.25) is 11.8 Å². The number of halogens is 1. The topological polar surface area (TPSA) is 58.2 Å². The zero-order valence-corrected chi connectivity index (χ0v) is 12.2. The minimum absolute atomic E-state index is 0.0244. The van der Waals surface area contributed by atoms with Crippen molar-refractivity contribution in [2.45, 2.75) is 26.8 Å². The zero-order chi connectivity index (χ0) is 13.7. The average Bonchev–Trinajstić information content (AvgIpc) is 2.28. The molecule has 98 valence electrons. The summed E-state index contributed by atoms with van der Waals surface area (Å²) in [5.74, 6) is -0.403. The monoisotopic (exact) mass is 312 g/mol. The second kappa shape index (κ2) is 6.54. The quantitative estimate of drug-likeness (QED) is 0.897. The third kappa shape index (κ3) is 4.14. The van der Waals surface area contributed by atoms with Crippen molar-refractivity contribution in [2.75, 3.05) is 5.32 Å². The summed E-state index contributed by atoms with van der Waals surface area (Å²) in [4.78, 5) is 23.2. The molecule has 0 spiro atoms. The van der Waals surface area contributed by atoms with Crippen LogP contribution in [0, 0.1) is 5.92 Å². The lowest BCUT2D eigenvalue weighted by Crippen LogP contribution is -2.46. The van der Waals surface area contributed by atoms with Gasteiger partial charge in [0.25, 0.3) is 0 Å². The van der Waals surface area contributed by atoms with Crippen molar-refractivity contribution in [1.82, 2.24) is 5.32 Å². The van der Waals surface area contributed by atoms with Crippen LogP contribution in [0.3, 0.4) is 0 Å². The Morgan fingerprint density at radius 2 is 1.83 bits per heavy atom. The molecule has 0 aromatic heterocycles. The fourth-order valence-electron chi connectivity index (χ4n) is 1.53. The largest absolute Gasteiger partial charge is 0.344 e. The SMILES string of the molecule is CC(=O)NC(C(=O)Nc1ccccc1Br)C(C)C. The molecule has 0 saturated carbocycles. The molecule has 0 fully saturated rings. The molecular formula is C13H17BrN2O2. The van der Waals surface area contributed by atoms with E-state index in [2.05, 4.69) is 26.6 Å². The molecule has 0 aliphatic rings. The Kier molecular flexibility index (Phi) is 5.34. The smallest absolute Gasteiger partial charge is 0.247 e. The number of hydrogen-bond donors (Lipinski definition) is 2. The summed E-state index contributed by atoms with van der Waals surface area (Å²) >= 11 is 3.36. The van der Waals surface area contributed by atoms with Crippen LogP contribution in [0.25, 0.3) is 0 Å². The van der Waals surface area contributed by atoms with E-state index in [1.165, 1.54) is 6.92 Å². The maximum absolute atomic E-state index is 12.1. The lowest BCUT2D eigenvalue weighted by atomic mass is 10.0. The Hall–Kier alpha value is -1.36. The van der Waals surface area contributed by atoms with Crippen molar-refractivity contribution in [3.8, 4) is 0 Å². The molecule has 1 rings (SSSR count). The summed E-state index contributed by atoms with van der Waals surface area (Å²) < 4.78 is 0.809. The normalized spacial score (nSPS) is 12.1. The van der Waals surface area contributed by atoms with Gasteiger partial charge in [-0.1, -0.05) is 26.0 Å². The standard InChI is InChI=1S/C13H17BrN2O2/c1-8(2)12(15-9(3)17)13(18)16-11-7-5-4-6-10(11)14/h4-8,12H,1-3H3,(H,15,17)(H,16,18). The second-order valence-electron chi connectivity index (χ2n) is 4.39. The summed E-state index contributed by atoms with van der Waals surface area (Å²) in [6.45, 7) is 5.18. The van der Waals surface area contributed by atoms with Crippen LogP contribution in [-0.2, 0) is 9.59 Å². The van der Waals surface area contributed by atoms with Gasteiger partial charge in [0.1, 0.15) is 6.04 Å². The molecule has 1 unspecified atom stereocenters. The van der Waals surface area contributed by atoms with Gasteiger partial charge in [0, 0.05) is 11.4 Å². The third-order valence-corrected chi connectivity index (χ3v) is 3.13. The molecule has 1 aromatic carbocycles. The second-order valence-corrected chi connectivity index (χ2v) is 5.25. The molecule has 4 nitrogen and oxygen atoms in total. The summed E-state index contributed by atoms with van der Waals surface area (Å²) in [6, 6.07) is 6.82. The van der Waals surface area contributed by atoms with Crippen LogP contribution in [0.1, 0.15) is 20.8 Å². The van der Waals surface area contributed by atoms with Gasteiger partial charge in [-0.3, -0.25) is 9.59 Å². The maximum Gasteiger partial charge on any atom is 0.247 e. The Morgan fingerprint density at radius 3 is 2.33 bits per heavy atom. The van der Waals surface area contributed by atoms with E-state index >= 15 is 0 Å². The van der Waals surface area contributed by atoms with Crippen molar-refractivity contribution in [3.05, 3.63) is 28.7 Å². The van der Waals surface area contributed by atoms with Crippen molar-refractivity contribution in [1.29, 1.82) is 0 Å². The number of nitrogens with one attached hydrogen (secondary N) is 2. The van der Waals surface area contributed by atoms with E-state index in [4.69, 9.17) is 0 Å². The molecule has 1 aromatic rings. The summed E-state index contributed by atoms with van der Waals surface area (Å²) in [5.41, 5.74) is 0.693. The number of rotatable bonds is 4. The van der Waals surface area contributed by atoms with Gasteiger partial charge in [0.05, 0.1) is 5.69 Å². The van der Waals surface area contributed by atoms with Crippen LogP contribution in [0.15, 0.2) is 28.7 Å². The molecule has 0 radical (unpaired) electrons. The maximum atomic E-state index is 12.1. The lowest BCUT2D eigenvalue weighted by Gasteiger charge is -2.21. The highest BCUT2D eigenvalue weighted by Gasteiger charge is 2.23. The fraction of sp³-hybridized carbons (Fsp3) is 0.385. The van der Waals surface area contributed by atoms with Crippen molar-refractivity contribution in [3.63, 3.8) is 0 Å². The van der Waals surface area contributed by atoms with Gasteiger partial charge in [-0.2, -0.15) is 0 Å². The first kappa shape index (κ1) is 14.7. The molecule has 1 atom stereocenters. The first-order chi connectivity index (χ1) is 8.41. The number of para-hydroxylation sites is 1. The van der Waals surface area contributed by atoms with Crippen molar-refractivity contribution >= 4 is 33.4 Å². The Balaban J connectivity index is 2.79. The Labute approximate surface area is 115 Å². The van der Waals surface area contributed by atoms with Crippen LogP contribution in [0.4, 0.5) is 5.69 Å². The molecule has 0 aliphatic carbocycles. The van der Waals surface area contributed by atoms with Crippen LogP contribution in [0.2, 0.25) is 0 Å². The summed E-state index contributed by atoms with van der Waals surface area (Å²) in [7, 11) is 0. The van der Waals surface area contributed by atoms with Crippen LogP contribution in [-0.4, -0.2) is 17.9 Å². The Bertz CT molecular complexity index is 446. The van der Waals surface area contributed by atoms with Crippen LogP contribution >= 0.6 is 15.9 Å². The molecule has 0 heterocycles. The predicted molar refractivity (Wildman–Crippen MR) is 75.2 cm³/mol. The third-order valence-electron chi connectivity index (χ3n) is 2.44. The number of anilines is 1. The van der Waals surface area contributed by atoms with Crippen LogP contribution < -0.4 is 10.6 Å². The predicted octanol–water partition coefficient (Wildman–Crippen LogP) is 2.55. The van der Waals surface area contributed by atoms with Gasteiger partial charge < -0.3 is 10.6 Å². The van der Waals surface area contributed by atoms with Gasteiger partial charge in [-0.15, -0.1) is 0 Å². The van der Waals surface area contributed by atoms with E-state index in [9.17, 15) is 9.59 Å². The summed E-state index contributed by atoms with van der Waals surface area (Å²) in [5, 5.41) is 5.45. The number of hydrogen-bond acceptors (Lipinski definition) is 2. The highest BCUT2D eigenvalue weighted by Crippen LogP contribution is 2.21. The number of benzene rings is 1. The number of amides is 2. The molecule has 0 bridgehead atoms. The molecule has 2 amide bonds. The lowest BCUT2D eigenvalue weighted by molar-refractivity contribution is -0.126. The highest BCUT2D eigenvalue weighted by atomic mass is 79.9. The zero-order valence-electron chi connectivity index (χ0n) is 10.7. The van der Waals surface area contributed by atoms with E-state index < -0.39 is 6.04 Å². The fourth-order valence-corrected chi connectivity index (χ4v) is 1.91. The van der Waals surface area contributed by atoms with E-state index in [1.807, 2.05) is 32.0 Å². The highest BCUT2D eigenvalue weighted by molar-refractivity contribution is 9.10. The molecular weight excluding hydrogens is 296 g/mol. The molecule has 2 N–H and O–H groups in total. The number of carbonyl (C=O) groups excluding carboxylic acids is 2. The van der Waals surface area contributed by atoms with E-state index in [1.54, 1.807) is 6.07 Å². The molecule has 0 aliphatic heterocycles. The van der Waals surface area contributed by atoms with E-state index in [0.717, 1.165) is 4.47 Å². The Morgan fingerprint density at radius 1 is 1.22 bits per heavy atom. The van der Waals surface area contributed by atoms with E-state index in [0.29, 0.717) is 5.69 Å². The molecule has 18 heavy (non-hydrogen) atoms. The van der Waals surface area contributed by atoms with Gasteiger partial charge in [-0.05, 0) is 34.0 Å². The van der Waals surface area contributed by atoms with E-state index in [-0.39, 0.29) is 17.7 Å². The van der Waals surface area contributed by atoms with Gasteiger partial charge >= 0.3 is 0 Å². The number of carbonyl (C=O) groups is 2. The van der Waals surface area contributed by atoms with Crippen molar-refractivity contribution in [2.24, 2.45) is 5.92 Å². The molecule has 5 heteroatoms. The summed E-state index contributed by atoms with van der Waals surface area (Å²) in [6.07, 6.45) is 0. The van der Waals surface area contributed by atoms with Gasteiger partial charge in [-0.25, -0.2) is 0 Å². The first-order valence-corrected chi connectivity index (χ1v) is 6.53. The molecule has 0 saturated heterocycles. The first-order valence-electron chi connectivity index (χ1n) is 5.74.